The highest BCUT2D eigenvalue weighted by Gasteiger charge is 2.72. The average molecular weight is 363 g/mol. The number of carbonyl (C=O) groups is 2. The Labute approximate surface area is 146 Å². The van der Waals surface area contributed by atoms with Crippen molar-refractivity contribution >= 4 is 21.9 Å². The molecule has 2 aliphatic carbocycles. The van der Waals surface area contributed by atoms with Gasteiger partial charge in [0.2, 0.25) is 10.0 Å². The molecule has 1 spiro atoms. The fourth-order valence-electron chi connectivity index (χ4n) is 5.53. The average Bonchev–Trinajstić information content (AvgIpc) is 3.01. The minimum atomic E-state index is -3.76. The molecule has 1 aliphatic heterocycles. The highest BCUT2D eigenvalue weighted by atomic mass is 32.2. The Kier molecular flexibility index (Phi) is 3.21. The van der Waals surface area contributed by atoms with Crippen molar-refractivity contribution in [2.24, 2.45) is 16.7 Å². The summed E-state index contributed by atoms with van der Waals surface area (Å²) in [5, 5.41) is 9.34. The molecule has 2 saturated carbocycles. The molecule has 134 valence electrons. The highest BCUT2D eigenvalue weighted by Crippen LogP contribution is 2.70. The molecule has 3 fully saturated rings. The number of sulfonamides is 1. The number of carbonyl (C=O) groups excluding carboxylic acids is 1. The molecule has 0 unspecified atom stereocenters. The molecule has 4 rings (SSSR count). The number of aromatic carboxylic acids is 1. The van der Waals surface area contributed by atoms with E-state index in [1.54, 1.807) is 6.07 Å². The van der Waals surface area contributed by atoms with Crippen LogP contribution in [-0.4, -0.2) is 41.5 Å². The normalized spacial score (nSPS) is 34.1. The van der Waals surface area contributed by atoms with Crippen molar-refractivity contribution in [3.63, 3.8) is 0 Å². The van der Waals surface area contributed by atoms with Gasteiger partial charge in [-0.3, -0.25) is 4.79 Å². The number of hydrogen-bond acceptors (Lipinski definition) is 4. The standard InChI is InChI=1S/C18H21NO5S/c1-17(2)11-7-8-18(17)10-25(23,24)19(14(18)9-11)15(20)12-5-3-4-6-13(12)16(21)22/h3-6,11,14H,7-10H2,1-2H3,(H,21,22)/t11-,14-,18+/m0/s1. The molecule has 25 heavy (non-hydrogen) atoms. The van der Waals surface area contributed by atoms with Crippen LogP contribution >= 0.6 is 0 Å². The topological polar surface area (TPSA) is 91.8 Å². The molecule has 3 aliphatic rings. The van der Waals surface area contributed by atoms with Gasteiger partial charge in [-0.05, 0) is 42.7 Å². The summed E-state index contributed by atoms with van der Waals surface area (Å²) >= 11 is 0. The van der Waals surface area contributed by atoms with Gasteiger partial charge in [0.15, 0.2) is 0 Å². The maximum atomic E-state index is 13.1. The molecule has 1 saturated heterocycles. The first-order valence-corrected chi connectivity index (χ1v) is 10.1. The Hall–Kier alpha value is -1.89. The summed E-state index contributed by atoms with van der Waals surface area (Å²) in [6.45, 7) is 4.22. The molecule has 6 nitrogen and oxygen atoms in total. The van der Waals surface area contributed by atoms with Crippen molar-refractivity contribution in [1.29, 1.82) is 0 Å². The fraction of sp³-hybridized carbons (Fsp3) is 0.556. The van der Waals surface area contributed by atoms with Crippen molar-refractivity contribution in [1.82, 2.24) is 4.31 Å². The van der Waals surface area contributed by atoms with Crippen molar-refractivity contribution in [3.05, 3.63) is 35.4 Å². The van der Waals surface area contributed by atoms with Crippen LogP contribution in [0.5, 0.6) is 0 Å². The number of rotatable bonds is 2. The van der Waals surface area contributed by atoms with Gasteiger partial charge in [0.1, 0.15) is 0 Å². The lowest BCUT2D eigenvalue weighted by molar-refractivity contribution is 0.0658. The number of amides is 1. The van der Waals surface area contributed by atoms with Crippen LogP contribution in [0.1, 0.15) is 53.8 Å². The molecular weight excluding hydrogens is 342 g/mol. The van der Waals surface area contributed by atoms with Crippen LogP contribution in [0.3, 0.4) is 0 Å². The fourth-order valence-corrected chi connectivity index (χ4v) is 8.06. The van der Waals surface area contributed by atoms with Crippen LogP contribution in [0, 0.1) is 16.7 Å². The van der Waals surface area contributed by atoms with Crippen molar-refractivity contribution in [2.75, 3.05) is 5.75 Å². The van der Waals surface area contributed by atoms with Gasteiger partial charge in [0.25, 0.3) is 5.91 Å². The molecule has 1 aromatic carbocycles. The van der Waals surface area contributed by atoms with Gasteiger partial charge >= 0.3 is 5.97 Å². The zero-order valence-corrected chi connectivity index (χ0v) is 15.0. The zero-order chi connectivity index (χ0) is 18.2. The predicted octanol–water partition coefficient (Wildman–Crippen LogP) is 2.37. The number of carboxylic acid groups (broad SMARTS) is 1. The minimum Gasteiger partial charge on any atom is -0.478 e. The first kappa shape index (κ1) is 16.6. The monoisotopic (exact) mass is 363 g/mol. The zero-order valence-electron chi connectivity index (χ0n) is 14.2. The largest absolute Gasteiger partial charge is 0.478 e. The number of benzene rings is 1. The number of fused-ring (bicyclic) bond motifs is 1. The maximum Gasteiger partial charge on any atom is 0.336 e. The lowest BCUT2D eigenvalue weighted by Gasteiger charge is -2.37. The molecule has 3 atom stereocenters. The number of hydrogen-bond donors (Lipinski definition) is 1. The summed E-state index contributed by atoms with van der Waals surface area (Å²) < 4.78 is 26.8. The molecule has 1 aromatic rings. The van der Waals surface area contributed by atoms with E-state index in [0.29, 0.717) is 12.3 Å². The number of nitrogens with zero attached hydrogens (tertiary/aromatic N) is 1. The minimum absolute atomic E-state index is 0.0187. The highest BCUT2D eigenvalue weighted by molar-refractivity contribution is 7.90. The lowest BCUT2D eigenvalue weighted by atomic mass is 9.69. The lowest BCUT2D eigenvalue weighted by Crippen LogP contribution is -2.44. The van der Waals surface area contributed by atoms with E-state index in [1.165, 1.54) is 18.2 Å². The summed E-state index contributed by atoms with van der Waals surface area (Å²) in [6, 6.07) is 5.45. The molecule has 1 amide bonds. The van der Waals surface area contributed by atoms with Gasteiger partial charge in [-0.25, -0.2) is 17.5 Å². The molecule has 2 bridgehead atoms. The smallest absolute Gasteiger partial charge is 0.336 e. The van der Waals surface area contributed by atoms with E-state index < -0.39 is 27.3 Å². The summed E-state index contributed by atoms with van der Waals surface area (Å²) in [5.41, 5.74) is -0.765. The van der Waals surface area contributed by atoms with E-state index in [4.69, 9.17) is 0 Å². The van der Waals surface area contributed by atoms with Crippen molar-refractivity contribution in [3.8, 4) is 0 Å². The second-order valence-corrected chi connectivity index (χ2v) is 9.92. The van der Waals surface area contributed by atoms with Gasteiger partial charge in [-0.2, -0.15) is 0 Å². The van der Waals surface area contributed by atoms with E-state index >= 15 is 0 Å². The van der Waals surface area contributed by atoms with Gasteiger partial charge < -0.3 is 5.11 Å². The van der Waals surface area contributed by atoms with E-state index in [2.05, 4.69) is 13.8 Å². The predicted molar refractivity (Wildman–Crippen MR) is 90.7 cm³/mol. The Morgan fingerprint density at radius 2 is 1.84 bits per heavy atom. The molecule has 7 heteroatoms. The van der Waals surface area contributed by atoms with Gasteiger partial charge in [0, 0.05) is 5.41 Å². The maximum absolute atomic E-state index is 13.1. The first-order valence-electron chi connectivity index (χ1n) is 8.50. The van der Waals surface area contributed by atoms with E-state index in [0.717, 1.165) is 17.1 Å². The van der Waals surface area contributed by atoms with Crippen LogP contribution in [-0.2, 0) is 10.0 Å². The van der Waals surface area contributed by atoms with Crippen LogP contribution in [0.15, 0.2) is 24.3 Å². The summed E-state index contributed by atoms with van der Waals surface area (Å²) in [6.07, 6.45) is 2.47. The molecule has 1 heterocycles. The Morgan fingerprint density at radius 1 is 1.20 bits per heavy atom. The summed E-state index contributed by atoms with van der Waals surface area (Å²) in [4.78, 5) is 24.5. The summed E-state index contributed by atoms with van der Waals surface area (Å²) in [5.74, 6) is -1.56. The molecule has 0 aromatic heterocycles. The quantitative estimate of drug-likeness (QED) is 0.871. The molecule has 1 N–H and O–H groups in total. The summed E-state index contributed by atoms with van der Waals surface area (Å²) in [7, 11) is -3.76. The molecular formula is C18H21NO5S. The van der Waals surface area contributed by atoms with Gasteiger partial charge in [-0.15, -0.1) is 0 Å². The van der Waals surface area contributed by atoms with Crippen LogP contribution in [0.2, 0.25) is 0 Å². The van der Waals surface area contributed by atoms with Crippen molar-refractivity contribution < 1.29 is 23.1 Å². The molecule has 0 radical (unpaired) electrons. The van der Waals surface area contributed by atoms with E-state index in [1.807, 2.05) is 0 Å². The van der Waals surface area contributed by atoms with Crippen LogP contribution < -0.4 is 0 Å². The Morgan fingerprint density at radius 3 is 2.44 bits per heavy atom. The van der Waals surface area contributed by atoms with E-state index in [9.17, 15) is 23.1 Å². The SMILES string of the molecule is CC1(C)[C@H]2CC[C@]13CS(=O)(=O)N(C(=O)c1ccccc1C(=O)O)[C@H]3C2. The Bertz CT molecular complexity index is 890. The Balaban J connectivity index is 1.82. The second kappa shape index (κ2) is 4.84. The number of carboxylic acids is 1. The van der Waals surface area contributed by atoms with E-state index in [-0.39, 0.29) is 28.3 Å². The van der Waals surface area contributed by atoms with Gasteiger partial charge in [-0.1, -0.05) is 26.0 Å². The third kappa shape index (κ3) is 1.93. The van der Waals surface area contributed by atoms with Gasteiger partial charge in [0.05, 0.1) is 22.9 Å². The van der Waals surface area contributed by atoms with Crippen LogP contribution in [0.25, 0.3) is 0 Å². The second-order valence-electron chi connectivity index (χ2n) is 8.07. The third-order valence-electron chi connectivity index (χ3n) is 7.00. The van der Waals surface area contributed by atoms with Crippen molar-refractivity contribution in [2.45, 2.75) is 39.2 Å². The third-order valence-corrected chi connectivity index (χ3v) is 8.90. The van der Waals surface area contributed by atoms with Crippen LogP contribution in [0.4, 0.5) is 0 Å². The first-order chi connectivity index (χ1) is 11.6.